The summed E-state index contributed by atoms with van der Waals surface area (Å²) in [6.45, 7) is 1.43. The number of hydrogen-bond donors (Lipinski definition) is 1. The first-order valence-electron chi connectivity index (χ1n) is 8.89. The van der Waals surface area contributed by atoms with Crippen LogP contribution in [0.2, 0.25) is 0 Å². The predicted octanol–water partition coefficient (Wildman–Crippen LogP) is 3.31. The normalized spacial score (nSPS) is 17.4. The van der Waals surface area contributed by atoms with Crippen molar-refractivity contribution in [1.82, 2.24) is 5.32 Å². The van der Waals surface area contributed by atoms with Crippen LogP contribution in [0.15, 0.2) is 30.3 Å². The Morgan fingerprint density at radius 2 is 1.68 bits per heavy atom. The monoisotopic (exact) mass is 393 g/mol. The molecule has 28 heavy (non-hydrogen) atoms. The minimum atomic E-state index is -1.60. The van der Waals surface area contributed by atoms with Crippen molar-refractivity contribution < 1.29 is 32.2 Å². The van der Waals surface area contributed by atoms with Crippen molar-refractivity contribution in [2.24, 2.45) is 0 Å². The van der Waals surface area contributed by atoms with Crippen molar-refractivity contribution in [3.05, 3.63) is 58.9 Å². The summed E-state index contributed by atoms with van der Waals surface area (Å²) in [5.41, 5.74) is 0.257. The van der Waals surface area contributed by atoms with Crippen LogP contribution in [0.1, 0.15) is 28.8 Å². The van der Waals surface area contributed by atoms with E-state index in [1.165, 1.54) is 0 Å². The number of rotatable bonds is 4. The summed E-state index contributed by atoms with van der Waals surface area (Å²) >= 11 is 0. The van der Waals surface area contributed by atoms with Gasteiger partial charge in [-0.3, -0.25) is 4.79 Å². The van der Waals surface area contributed by atoms with Gasteiger partial charge < -0.3 is 19.5 Å². The predicted molar refractivity (Wildman–Crippen MR) is 92.9 cm³/mol. The number of nitrogens with one attached hydrogen (secondary N) is 1. The highest BCUT2D eigenvalue weighted by atomic mass is 19.2. The Labute approximate surface area is 159 Å². The van der Waals surface area contributed by atoms with Crippen LogP contribution in [0.4, 0.5) is 13.2 Å². The molecule has 0 spiro atoms. The van der Waals surface area contributed by atoms with Crippen molar-refractivity contribution >= 4 is 5.91 Å². The summed E-state index contributed by atoms with van der Waals surface area (Å²) in [7, 11) is 0. The van der Waals surface area contributed by atoms with Gasteiger partial charge in [-0.25, -0.2) is 13.2 Å². The number of benzene rings is 2. The summed E-state index contributed by atoms with van der Waals surface area (Å²) in [4.78, 5) is 12.4. The fraction of sp³-hybridized carbons (Fsp3) is 0.350. The molecule has 1 fully saturated rings. The molecule has 2 heterocycles. The van der Waals surface area contributed by atoms with E-state index < -0.39 is 28.8 Å². The SMILES string of the molecule is O=C(NCC1(c2ccc3c(c2)OCO3)CCOCC1)c1cc(F)c(F)c(F)c1. The van der Waals surface area contributed by atoms with Crippen molar-refractivity contribution in [2.45, 2.75) is 18.3 Å². The van der Waals surface area contributed by atoms with E-state index in [0.717, 1.165) is 5.56 Å². The molecule has 2 aromatic rings. The maximum Gasteiger partial charge on any atom is 0.251 e. The zero-order chi connectivity index (χ0) is 19.7. The Kier molecular flexibility index (Phi) is 4.89. The molecule has 0 bridgehead atoms. The number of amides is 1. The van der Waals surface area contributed by atoms with Gasteiger partial charge in [0, 0.05) is 30.7 Å². The van der Waals surface area contributed by atoms with Crippen LogP contribution < -0.4 is 14.8 Å². The first kappa shape index (κ1) is 18.6. The van der Waals surface area contributed by atoms with Crippen LogP contribution >= 0.6 is 0 Å². The molecule has 0 aromatic heterocycles. The van der Waals surface area contributed by atoms with Gasteiger partial charge in [-0.05, 0) is 42.7 Å². The van der Waals surface area contributed by atoms with Gasteiger partial charge >= 0.3 is 0 Å². The van der Waals surface area contributed by atoms with E-state index in [1.807, 2.05) is 18.2 Å². The van der Waals surface area contributed by atoms with Crippen LogP contribution in [-0.2, 0) is 10.2 Å². The average Bonchev–Trinajstić information content (AvgIpc) is 3.18. The summed E-state index contributed by atoms with van der Waals surface area (Å²) in [5.74, 6) is -3.78. The third kappa shape index (κ3) is 3.40. The number of ether oxygens (including phenoxy) is 3. The lowest BCUT2D eigenvalue weighted by Crippen LogP contribution is -2.44. The molecule has 0 aliphatic carbocycles. The molecule has 0 unspecified atom stereocenters. The van der Waals surface area contributed by atoms with Gasteiger partial charge in [-0.15, -0.1) is 0 Å². The van der Waals surface area contributed by atoms with Crippen molar-refractivity contribution in [3.63, 3.8) is 0 Å². The Balaban J connectivity index is 1.56. The van der Waals surface area contributed by atoms with Gasteiger partial charge in [-0.1, -0.05) is 6.07 Å². The molecule has 1 N–H and O–H groups in total. The van der Waals surface area contributed by atoms with Crippen LogP contribution in [0.5, 0.6) is 11.5 Å². The molecule has 5 nitrogen and oxygen atoms in total. The molecular weight excluding hydrogens is 375 g/mol. The van der Waals surface area contributed by atoms with Gasteiger partial charge in [0.25, 0.3) is 5.91 Å². The first-order valence-corrected chi connectivity index (χ1v) is 8.89. The Hall–Kier alpha value is -2.74. The van der Waals surface area contributed by atoms with E-state index in [9.17, 15) is 18.0 Å². The topological polar surface area (TPSA) is 56.8 Å². The molecule has 0 radical (unpaired) electrons. The van der Waals surface area contributed by atoms with E-state index >= 15 is 0 Å². The van der Waals surface area contributed by atoms with Gasteiger partial charge in [0.2, 0.25) is 6.79 Å². The molecule has 8 heteroatoms. The summed E-state index contributed by atoms with van der Waals surface area (Å²) < 4.78 is 56.2. The lowest BCUT2D eigenvalue weighted by Gasteiger charge is -2.38. The molecule has 4 rings (SSSR count). The van der Waals surface area contributed by atoms with E-state index in [2.05, 4.69) is 5.32 Å². The average molecular weight is 393 g/mol. The smallest absolute Gasteiger partial charge is 0.251 e. The molecule has 2 aromatic carbocycles. The Morgan fingerprint density at radius 1 is 1.00 bits per heavy atom. The molecule has 0 atom stereocenters. The van der Waals surface area contributed by atoms with E-state index in [1.54, 1.807) is 0 Å². The Bertz CT molecular complexity index is 889. The highest BCUT2D eigenvalue weighted by Gasteiger charge is 2.36. The van der Waals surface area contributed by atoms with Gasteiger partial charge in [0.1, 0.15) is 0 Å². The fourth-order valence-corrected chi connectivity index (χ4v) is 3.59. The highest BCUT2D eigenvalue weighted by Crippen LogP contribution is 2.40. The van der Waals surface area contributed by atoms with Gasteiger partial charge in [0.05, 0.1) is 0 Å². The van der Waals surface area contributed by atoms with Crippen molar-refractivity contribution in [1.29, 1.82) is 0 Å². The second-order valence-corrected chi connectivity index (χ2v) is 6.90. The number of halogens is 3. The lowest BCUT2D eigenvalue weighted by molar-refractivity contribution is 0.0486. The van der Waals surface area contributed by atoms with Crippen molar-refractivity contribution in [3.8, 4) is 11.5 Å². The minimum absolute atomic E-state index is 0.160. The van der Waals surface area contributed by atoms with E-state index in [0.29, 0.717) is 49.7 Å². The largest absolute Gasteiger partial charge is 0.454 e. The lowest BCUT2D eigenvalue weighted by atomic mass is 9.74. The second kappa shape index (κ2) is 7.35. The molecule has 1 saturated heterocycles. The van der Waals surface area contributed by atoms with Crippen molar-refractivity contribution in [2.75, 3.05) is 26.6 Å². The van der Waals surface area contributed by atoms with E-state index in [4.69, 9.17) is 14.2 Å². The van der Waals surface area contributed by atoms with E-state index in [-0.39, 0.29) is 18.9 Å². The molecular formula is C20H18F3NO4. The van der Waals surface area contributed by atoms with Gasteiger partial charge in [-0.2, -0.15) is 0 Å². The third-order valence-electron chi connectivity index (χ3n) is 5.27. The van der Waals surface area contributed by atoms with Crippen LogP contribution in [-0.4, -0.2) is 32.5 Å². The zero-order valence-corrected chi connectivity index (χ0v) is 14.9. The number of carbonyl (C=O) groups excluding carboxylic acids is 1. The second-order valence-electron chi connectivity index (χ2n) is 6.90. The molecule has 1 amide bonds. The molecule has 2 aliphatic heterocycles. The highest BCUT2D eigenvalue weighted by molar-refractivity contribution is 5.94. The maximum absolute atomic E-state index is 13.4. The van der Waals surface area contributed by atoms with Crippen LogP contribution in [0.25, 0.3) is 0 Å². The Morgan fingerprint density at radius 3 is 2.39 bits per heavy atom. The summed E-state index contributed by atoms with van der Waals surface area (Å²) in [6, 6.07) is 7.00. The third-order valence-corrected chi connectivity index (χ3v) is 5.27. The quantitative estimate of drug-likeness (QED) is 0.810. The number of fused-ring (bicyclic) bond motifs is 1. The van der Waals surface area contributed by atoms with Crippen LogP contribution in [0, 0.1) is 17.5 Å². The summed E-state index contributed by atoms with van der Waals surface area (Å²) in [6.07, 6.45) is 1.30. The van der Waals surface area contributed by atoms with Crippen LogP contribution in [0.3, 0.4) is 0 Å². The number of carbonyl (C=O) groups is 1. The number of hydrogen-bond acceptors (Lipinski definition) is 4. The summed E-state index contributed by atoms with van der Waals surface area (Å²) in [5, 5.41) is 2.73. The fourth-order valence-electron chi connectivity index (χ4n) is 3.59. The standard InChI is InChI=1S/C20H18F3NO4/c21-14-7-12(8-15(22)18(14)23)19(25)24-10-20(3-5-26-6-4-20)13-1-2-16-17(9-13)28-11-27-16/h1-2,7-9H,3-6,10-11H2,(H,24,25). The maximum atomic E-state index is 13.4. The molecule has 0 saturated carbocycles. The zero-order valence-electron chi connectivity index (χ0n) is 14.9. The van der Waals surface area contributed by atoms with Gasteiger partial charge in [0.15, 0.2) is 29.0 Å². The first-order chi connectivity index (χ1) is 13.5. The minimum Gasteiger partial charge on any atom is -0.454 e. The molecule has 2 aliphatic rings. The molecule has 148 valence electrons.